The van der Waals surface area contributed by atoms with Crippen molar-refractivity contribution in [3.63, 3.8) is 0 Å². The van der Waals surface area contributed by atoms with Crippen LogP contribution >= 0.6 is 11.3 Å². The summed E-state index contributed by atoms with van der Waals surface area (Å²) in [4.78, 5) is 32.8. The summed E-state index contributed by atoms with van der Waals surface area (Å²) in [5, 5.41) is 3.59. The number of nitrogens with zero attached hydrogens (tertiary/aromatic N) is 3. The van der Waals surface area contributed by atoms with Gasteiger partial charge in [-0.15, -0.1) is 11.3 Å². The van der Waals surface area contributed by atoms with Gasteiger partial charge in [-0.3, -0.25) is 14.5 Å². The maximum Gasteiger partial charge on any atom is 0.262 e. The highest BCUT2D eigenvalue weighted by molar-refractivity contribution is 7.20. The number of piperidine rings is 1. The van der Waals surface area contributed by atoms with Crippen molar-refractivity contribution in [2.75, 3.05) is 19.6 Å². The van der Waals surface area contributed by atoms with Crippen LogP contribution in [0.1, 0.15) is 41.9 Å². The van der Waals surface area contributed by atoms with Crippen molar-refractivity contribution in [3.05, 3.63) is 27.1 Å². The average Bonchev–Trinajstić information content (AvgIpc) is 2.93. The number of carbonyl (C=O) groups excluding carboxylic acids is 1. The van der Waals surface area contributed by atoms with E-state index in [1.807, 2.05) is 6.92 Å². The van der Waals surface area contributed by atoms with Crippen molar-refractivity contribution in [2.24, 2.45) is 13.0 Å². The molecule has 2 unspecified atom stereocenters. The van der Waals surface area contributed by atoms with Gasteiger partial charge in [0, 0.05) is 26.2 Å². The molecule has 0 spiro atoms. The van der Waals surface area contributed by atoms with Gasteiger partial charge in [0.15, 0.2) is 0 Å². The van der Waals surface area contributed by atoms with Crippen molar-refractivity contribution in [3.8, 4) is 0 Å². The molecule has 1 saturated heterocycles. The van der Waals surface area contributed by atoms with Gasteiger partial charge in [0.1, 0.15) is 4.83 Å². The summed E-state index contributed by atoms with van der Waals surface area (Å²) in [5.41, 5.74) is 0.624. The van der Waals surface area contributed by atoms with Crippen LogP contribution in [0.25, 0.3) is 10.2 Å². The van der Waals surface area contributed by atoms with Gasteiger partial charge in [0.25, 0.3) is 11.5 Å². The largest absolute Gasteiger partial charge is 0.350 e. The number of hydrogen-bond acceptors (Lipinski definition) is 5. The molecule has 1 amide bonds. The fourth-order valence-corrected chi connectivity index (χ4v) is 4.56. The maximum atomic E-state index is 12.6. The van der Waals surface area contributed by atoms with Gasteiger partial charge >= 0.3 is 0 Å². The third-order valence-electron chi connectivity index (χ3n) is 5.09. The molecule has 1 aliphatic rings. The van der Waals surface area contributed by atoms with Gasteiger partial charge in [-0.05, 0) is 44.7 Å². The van der Waals surface area contributed by atoms with Gasteiger partial charge in [-0.2, -0.15) is 0 Å². The molecule has 1 N–H and O–H groups in total. The van der Waals surface area contributed by atoms with Crippen molar-refractivity contribution >= 4 is 27.5 Å². The first kappa shape index (κ1) is 18.1. The van der Waals surface area contributed by atoms with Crippen LogP contribution in [-0.2, 0) is 7.05 Å². The minimum absolute atomic E-state index is 0.103. The topological polar surface area (TPSA) is 67.2 Å². The summed E-state index contributed by atoms with van der Waals surface area (Å²) in [6.45, 7) is 9.08. The molecule has 2 aromatic heterocycles. The van der Waals surface area contributed by atoms with E-state index in [4.69, 9.17) is 0 Å². The SMILES string of the molecule is Cc1c(C(=O)NCC(C)N2CCCC(C)C2)sc2ncn(C)c(=O)c12. The summed E-state index contributed by atoms with van der Waals surface area (Å²) in [5.74, 6) is 0.610. The summed E-state index contributed by atoms with van der Waals surface area (Å²) >= 11 is 1.29. The number of likely N-dealkylation sites (tertiary alicyclic amines) is 1. The Morgan fingerprint density at radius 1 is 1.52 bits per heavy atom. The number of fused-ring (bicyclic) bond motifs is 1. The Bertz CT molecular complexity index is 841. The van der Waals surface area contributed by atoms with Crippen LogP contribution in [0, 0.1) is 12.8 Å². The third-order valence-corrected chi connectivity index (χ3v) is 6.29. The predicted molar refractivity (Wildman–Crippen MR) is 101 cm³/mol. The zero-order valence-corrected chi connectivity index (χ0v) is 16.2. The van der Waals surface area contributed by atoms with E-state index in [0.29, 0.717) is 27.7 Å². The quantitative estimate of drug-likeness (QED) is 0.905. The lowest BCUT2D eigenvalue weighted by molar-refractivity contribution is 0.0921. The molecular weight excluding hydrogens is 336 g/mol. The fourth-order valence-electron chi connectivity index (χ4n) is 3.50. The van der Waals surface area contributed by atoms with E-state index in [1.165, 1.54) is 35.1 Å². The first-order valence-corrected chi connectivity index (χ1v) is 9.67. The monoisotopic (exact) mass is 362 g/mol. The summed E-state index contributed by atoms with van der Waals surface area (Å²) in [7, 11) is 1.67. The lowest BCUT2D eigenvalue weighted by Gasteiger charge is -2.35. The first-order chi connectivity index (χ1) is 11.9. The van der Waals surface area contributed by atoms with Gasteiger partial charge in [0.2, 0.25) is 0 Å². The zero-order chi connectivity index (χ0) is 18.1. The second kappa shape index (κ2) is 7.25. The Hall–Kier alpha value is -1.73. The first-order valence-electron chi connectivity index (χ1n) is 8.85. The Morgan fingerprint density at radius 3 is 3.00 bits per heavy atom. The van der Waals surface area contributed by atoms with E-state index in [-0.39, 0.29) is 11.5 Å². The molecule has 3 heterocycles. The van der Waals surface area contributed by atoms with Gasteiger partial charge in [-0.1, -0.05) is 6.92 Å². The molecule has 0 bridgehead atoms. The fraction of sp³-hybridized carbons (Fsp3) is 0.611. The molecule has 25 heavy (non-hydrogen) atoms. The van der Waals surface area contributed by atoms with Gasteiger partial charge < -0.3 is 9.88 Å². The molecule has 0 radical (unpaired) electrons. The molecule has 136 valence electrons. The predicted octanol–water partition coefficient (Wildman–Crippen LogP) is 2.15. The van der Waals surface area contributed by atoms with E-state index < -0.39 is 0 Å². The average molecular weight is 362 g/mol. The molecule has 1 fully saturated rings. The highest BCUT2D eigenvalue weighted by atomic mass is 32.1. The summed E-state index contributed by atoms with van der Waals surface area (Å²) in [6, 6.07) is 0.312. The number of hydrogen-bond donors (Lipinski definition) is 1. The molecule has 2 aromatic rings. The lowest BCUT2D eigenvalue weighted by Crippen LogP contribution is -2.46. The third kappa shape index (κ3) is 3.62. The van der Waals surface area contributed by atoms with Crippen LogP contribution in [0.3, 0.4) is 0 Å². The Morgan fingerprint density at radius 2 is 2.28 bits per heavy atom. The molecule has 0 saturated carbocycles. The maximum absolute atomic E-state index is 12.6. The molecule has 6 nitrogen and oxygen atoms in total. The highest BCUT2D eigenvalue weighted by Crippen LogP contribution is 2.26. The van der Waals surface area contributed by atoms with Crippen LogP contribution in [0.15, 0.2) is 11.1 Å². The number of aryl methyl sites for hydroxylation is 2. The number of thiophene rings is 1. The van der Waals surface area contributed by atoms with Crippen LogP contribution in [0.5, 0.6) is 0 Å². The minimum Gasteiger partial charge on any atom is -0.350 e. The van der Waals surface area contributed by atoms with E-state index >= 15 is 0 Å². The lowest BCUT2D eigenvalue weighted by atomic mass is 9.99. The van der Waals surface area contributed by atoms with E-state index in [0.717, 1.165) is 24.6 Å². The molecule has 1 aliphatic heterocycles. The van der Waals surface area contributed by atoms with Crippen LogP contribution in [0.4, 0.5) is 0 Å². The van der Waals surface area contributed by atoms with Crippen molar-refractivity contribution in [1.29, 1.82) is 0 Å². The number of aromatic nitrogens is 2. The second-order valence-corrected chi connectivity index (χ2v) is 8.20. The normalized spacial score (nSPS) is 19.9. The summed E-state index contributed by atoms with van der Waals surface area (Å²) < 4.78 is 1.45. The number of carbonyl (C=O) groups is 1. The Balaban J connectivity index is 1.71. The number of nitrogens with one attached hydrogen (secondary N) is 1. The van der Waals surface area contributed by atoms with E-state index in [1.54, 1.807) is 7.05 Å². The molecule has 3 rings (SSSR count). The number of rotatable bonds is 4. The smallest absolute Gasteiger partial charge is 0.262 e. The van der Waals surface area contributed by atoms with Gasteiger partial charge in [-0.25, -0.2) is 4.98 Å². The number of amides is 1. The van der Waals surface area contributed by atoms with Crippen molar-refractivity contribution < 1.29 is 4.79 Å². The summed E-state index contributed by atoms with van der Waals surface area (Å²) in [6.07, 6.45) is 4.02. The van der Waals surface area contributed by atoms with Crippen LogP contribution < -0.4 is 10.9 Å². The van der Waals surface area contributed by atoms with E-state index in [2.05, 4.69) is 29.0 Å². The van der Waals surface area contributed by atoms with Crippen LogP contribution in [0.2, 0.25) is 0 Å². The second-order valence-electron chi connectivity index (χ2n) is 7.20. The van der Waals surface area contributed by atoms with Crippen molar-refractivity contribution in [1.82, 2.24) is 19.8 Å². The van der Waals surface area contributed by atoms with Gasteiger partial charge in [0.05, 0.1) is 16.6 Å². The molecule has 0 aromatic carbocycles. The zero-order valence-electron chi connectivity index (χ0n) is 15.3. The molecule has 7 heteroatoms. The van der Waals surface area contributed by atoms with Crippen LogP contribution in [-0.4, -0.2) is 46.0 Å². The van der Waals surface area contributed by atoms with E-state index in [9.17, 15) is 9.59 Å². The standard InChI is InChI=1S/C18H26N4O2S/c1-11-6-5-7-22(9-11)12(2)8-19-16(23)15-13(3)14-17(25-15)20-10-21(4)18(14)24/h10-12H,5-9H2,1-4H3,(H,19,23). The minimum atomic E-state index is -0.112. The molecule has 0 aliphatic carbocycles. The Labute approximate surface area is 151 Å². The molecule has 2 atom stereocenters. The Kier molecular flexibility index (Phi) is 5.24. The molecular formula is C18H26N4O2S. The van der Waals surface area contributed by atoms with Crippen molar-refractivity contribution in [2.45, 2.75) is 39.7 Å². The highest BCUT2D eigenvalue weighted by Gasteiger charge is 2.23.